The number of hydrogen-bond acceptors (Lipinski definition) is 5. The number of alkyl halides is 2. The summed E-state index contributed by atoms with van der Waals surface area (Å²) in [4.78, 5) is 20.1. The quantitative estimate of drug-likeness (QED) is 0.130. The molecule has 1 atom stereocenters. The normalized spacial score (nSPS) is 14.6. The Morgan fingerprint density at radius 1 is 1.00 bits per heavy atom. The fraction of sp³-hybridized carbons (Fsp3) is 0.219. The maximum atomic E-state index is 15.5. The molecule has 13 heteroatoms. The standard InChI is InChI=1S/C32H23F6N3O4/c33-22-10-16(31(37)38)4-5-18(22)15-45-28-3-1-2-24(40-28)21-12-23(34)20(29(35)30(21)36)13-27-39-25-7-6-17(32(42)43)11-26(25)41(27)14-19-8-9-44-19/h1-7,10-12,19,31H,8-9,13-15H2,(H,42,43)/t19-/m0/s1. The Labute approximate surface area is 251 Å². The zero-order valence-corrected chi connectivity index (χ0v) is 23.2. The van der Waals surface area contributed by atoms with E-state index in [0.717, 1.165) is 24.6 Å². The van der Waals surface area contributed by atoms with Gasteiger partial charge in [-0.3, -0.25) is 0 Å². The van der Waals surface area contributed by atoms with E-state index in [2.05, 4.69) is 9.97 Å². The van der Waals surface area contributed by atoms with Gasteiger partial charge in [0.1, 0.15) is 24.1 Å². The maximum Gasteiger partial charge on any atom is 0.335 e. The van der Waals surface area contributed by atoms with Crippen LogP contribution in [-0.4, -0.2) is 38.3 Å². The molecule has 1 aliphatic heterocycles. The number of imidazole rings is 1. The monoisotopic (exact) mass is 627 g/mol. The van der Waals surface area contributed by atoms with Gasteiger partial charge in [0, 0.05) is 41.3 Å². The Morgan fingerprint density at radius 2 is 1.80 bits per heavy atom. The highest BCUT2D eigenvalue weighted by Crippen LogP contribution is 2.31. The first-order valence-electron chi connectivity index (χ1n) is 13.8. The van der Waals surface area contributed by atoms with Gasteiger partial charge in [-0.2, -0.15) is 0 Å². The number of aromatic nitrogens is 3. The van der Waals surface area contributed by atoms with Crippen molar-refractivity contribution >= 4 is 17.0 Å². The molecule has 1 saturated heterocycles. The van der Waals surface area contributed by atoms with Crippen molar-refractivity contribution in [3.05, 3.63) is 112 Å². The molecule has 7 nitrogen and oxygen atoms in total. The second-order valence-corrected chi connectivity index (χ2v) is 10.4. The summed E-state index contributed by atoms with van der Waals surface area (Å²) in [7, 11) is 0. The summed E-state index contributed by atoms with van der Waals surface area (Å²) in [5, 5.41) is 9.43. The molecular weight excluding hydrogens is 604 g/mol. The summed E-state index contributed by atoms with van der Waals surface area (Å²) >= 11 is 0. The van der Waals surface area contributed by atoms with E-state index in [4.69, 9.17) is 9.47 Å². The minimum Gasteiger partial charge on any atom is -0.478 e. The molecule has 1 N–H and O–H groups in total. The van der Waals surface area contributed by atoms with Gasteiger partial charge in [-0.15, -0.1) is 0 Å². The lowest BCUT2D eigenvalue weighted by molar-refractivity contribution is -0.0589. The first kappa shape index (κ1) is 30.1. The van der Waals surface area contributed by atoms with E-state index < -0.39 is 65.4 Å². The number of rotatable bonds is 10. The molecule has 45 heavy (non-hydrogen) atoms. The molecule has 2 aromatic heterocycles. The van der Waals surface area contributed by atoms with Gasteiger partial charge in [-0.1, -0.05) is 18.2 Å². The third-order valence-electron chi connectivity index (χ3n) is 7.55. The molecule has 1 aliphatic rings. The third kappa shape index (κ3) is 6.07. The molecule has 232 valence electrons. The SMILES string of the molecule is O=C(O)c1ccc2nc(Cc3c(F)cc(-c4cccc(OCc5ccc(C(F)F)cc5F)n4)c(F)c3F)n(C[C@@H]3CCO3)c2c1. The summed E-state index contributed by atoms with van der Waals surface area (Å²) in [6.07, 6.45) is -2.74. The Kier molecular flexibility index (Phi) is 8.19. The summed E-state index contributed by atoms with van der Waals surface area (Å²) < 4.78 is 98.8. The van der Waals surface area contributed by atoms with Gasteiger partial charge < -0.3 is 19.1 Å². The van der Waals surface area contributed by atoms with Crippen LogP contribution >= 0.6 is 0 Å². The summed E-state index contributed by atoms with van der Waals surface area (Å²) in [5.74, 6) is -5.89. The van der Waals surface area contributed by atoms with E-state index in [0.29, 0.717) is 23.7 Å². The Bertz CT molecular complexity index is 1930. The van der Waals surface area contributed by atoms with Crippen molar-refractivity contribution in [2.24, 2.45) is 0 Å². The zero-order valence-electron chi connectivity index (χ0n) is 23.2. The van der Waals surface area contributed by atoms with Gasteiger partial charge in [0.2, 0.25) is 5.88 Å². The lowest BCUT2D eigenvalue weighted by Gasteiger charge is -2.27. The van der Waals surface area contributed by atoms with E-state index in [1.54, 1.807) is 4.57 Å². The molecule has 0 aliphatic carbocycles. The molecule has 0 bridgehead atoms. The van der Waals surface area contributed by atoms with Crippen LogP contribution < -0.4 is 4.74 Å². The van der Waals surface area contributed by atoms with Gasteiger partial charge in [-0.25, -0.2) is 41.1 Å². The fourth-order valence-electron chi connectivity index (χ4n) is 5.03. The second-order valence-electron chi connectivity index (χ2n) is 10.4. The average molecular weight is 628 g/mol. The smallest absolute Gasteiger partial charge is 0.335 e. The van der Waals surface area contributed by atoms with Crippen molar-refractivity contribution in [3.63, 3.8) is 0 Å². The lowest BCUT2D eigenvalue weighted by Crippen LogP contribution is -2.31. The number of halogens is 6. The van der Waals surface area contributed by atoms with Gasteiger partial charge in [-0.05, 0) is 42.8 Å². The first-order valence-corrected chi connectivity index (χ1v) is 13.8. The molecule has 5 aromatic rings. The molecule has 0 unspecified atom stereocenters. The second kappa shape index (κ2) is 12.2. The van der Waals surface area contributed by atoms with Gasteiger partial charge >= 0.3 is 5.97 Å². The minimum absolute atomic E-state index is 0.00553. The highest BCUT2D eigenvalue weighted by Gasteiger charge is 2.26. The number of fused-ring (bicyclic) bond motifs is 1. The number of hydrogen-bond donors (Lipinski definition) is 1. The number of benzene rings is 3. The van der Waals surface area contributed by atoms with Crippen LogP contribution in [0, 0.1) is 23.3 Å². The molecule has 1 fully saturated rings. The van der Waals surface area contributed by atoms with Gasteiger partial charge in [0.25, 0.3) is 6.43 Å². The van der Waals surface area contributed by atoms with Crippen LogP contribution in [0.2, 0.25) is 0 Å². The van der Waals surface area contributed by atoms with E-state index in [1.807, 2.05) is 0 Å². The molecule has 0 spiro atoms. The predicted molar refractivity (Wildman–Crippen MR) is 149 cm³/mol. The van der Waals surface area contributed by atoms with E-state index in [1.165, 1.54) is 36.4 Å². The Hall–Kier alpha value is -4.91. The van der Waals surface area contributed by atoms with Crippen molar-refractivity contribution < 1.29 is 45.7 Å². The number of ether oxygens (including phenoxy) is 2. The fourth-order valence-corrected chi connectivity index (χ4v) is 5.03. The van der Waals surface area contributed by atoms with E-state index in [9.17, 15) is 23.1 Å². The van der Waals surface area contributed by atoms with Crippen LogP contribution in [-0.2, 0) is 24.3 Å². The van der Waals surface area contributed by atoms with Crippen molar-refractivity contribution in [1.82, 2.24) is 14.5 Å². The van der Waals surface area contributed by atoms with Crippen molar-refractivity contribution in [3.8, 4) is 17.1 Å². The zero-order chi connectivity index (χ0) is 31.8. The average Bonchev–Trinajstić information content (AvgIpc) is 3.34. The Balaban J connectivity index is 1.28. The maximum absolute atomic E-state index is 15.5. The topological polar surface area (TPSA) is 86.5 Å². The van der Waals surface area contributed by atoms with Gasteiger partial charge in [0.15, 0.2) is 11.6 Å². The highest BCUT2D eigenvalue weighted by atomic mass is 19.3. The lowest BCUT2D eigenvalue weighted by atomic mass is 10.0. The molecule has 0 radical (unpaired) electrons. The highest BCUT2D eigenvalue weighted by molar-refractivity contribution is 5.92. The van der Waals surface area contributed by atoms with E-state index in [-0.39, 0.29) is 41.2 Å². The minimum atomic E-state index is -2.84. The first-order chi connectivity index (χ1) is 21.6. The summed E-state index contributed by atoms with van der Waals surface area (Å²) in [6.45, 7) is 0.418. The number of nitrogens with zero attached hydrogens (tertiary/aromatic N) is 3. The van der Waals surface area contributed by atoms with Crippen LogP contribution in [0.5, 0.6) is 5.88 Å². The molecule has 3 heterocycles. The van der Waals surface area contributed by atoms with Gasteiger partial charge in [0.05, 0.1) is 34.9 Å². The van der Waals surface area contributed by atoms with Crippen LogP contribution in [0.4, 0.5) is 26.3 Å². The van der Waals surface area contributed by atoms with Crippen LogP contribution in [0.3, 0.4) is 0 Å². The summed E-state index contributed by atoms with van der Waals surface area (Å²) in [6, 6.07) is 12.0. The Morgan fingerprint density at radius 3 is 2.49 bits per heavy atom. The predicted octanol–water partition coefficient (Wildman–Crippen LogP) is 7.25. The molecule has 0 amide bonds. The molecule has 0 saturated carbocycles. The number of pyridine rings is 1. The number of aromatic carboxylic acids is 1. The number of carboxylic acid groups (broad SMARTS) is 1. The van der Waals surface area contributed by atoms with E-state index >= 15 is 13.2 Å². The number of carbonyl (C=O) groups is 1. The van der Waals surface area contributed by atoms with Crippen molar-refractivity contribution in [2.75, 3.05) is 6.61 Å². The molecular formula is C32H23F6N3O4. The van der Waals surface area contributed by atoms with Crippen LogP contribution in [0.15, 0.2) is 60.7 Å². The third-order valence-corrected chi connectivity index (χ3v) is 7.55. The van der Waals surface area contributed by atoms with Crippen LogP contribution in [0.25, 0.3) is 22.3 Å². The van der Waals surface area contributed by atoms with Crippen LogP contribution in [0.1, 0.15) is 45.7 Å². The van der Waals surface area contributed by atoms with Crippen molar-refractivity contribution in [2.45, 2.75) is 38.5 Å². The summed E-state index contributed by atoms with van der Waals surface area (Å²) in [5.41, 5.74) is -0.929. The number of carboxylic acids is 1. The largest absolute Gasteiger partial charge is 0.478 e. The van der Waals surface area contributed by atoms with Crippen molar-refractivity contribution in [1.29, 1.82) is 0 Å². The molecule has 6 rings (SSSR count). The molecule has 3 aromatic carbocycles.